The smallest absolute Gasteiger partial charge is 0.236 e. The van der Waals surface area contributed by atoms with E-state index in [1.807, 2.05) is 0 Å². The molecule has 1 saturated carbocycles. The summed E-state index contributed by atoms with van der Waals surface area (Å²) in [7, 11) is 0. The number of rotatable bonds is 4. The van der Waals surface area contributed by atoms with Gasteiger partial charge in [-0.05, 0) is 32.1 Å². The van der Waals surface area contributed by atoms with Gasteiger partial charge in [-0.3, -0.25) is 4.79 Å². The highest BCUT2D eigenvalue weighted by Crippen LogP contribution is 2.27. The molecule has 0 aromatic carbocycles. The SMILES string of the molecule is CCC(NC(=O)[C@H](C)N)C1CCCCC1. The van der Waals surface area contributed by atoms with Gasteiger partial charge in [-0.1, -0.05) is 26.2 Å². The minimum absolute atomic E-state index is 0.00702. The van der Waals surface area contributed by atoms with E-state index in [2.05, 4.69) is 12.2 Å². The summed E-state index contributed by atoms with van der Waals surface area (Å²) in [4.78, 5) is 11.5. The Bertz CT molecular complexity index is 198. The van der Waals surface area contributed by atoms with E-state index < -0.39 is 0 Å². The summed E-state index contributed by atoms with van der Waals surface area (Å²) < 4.78 is 0. The van der Waals surface area contributed by atoms with Crippen LogP contribution in [0.1, 0.15) is 52.4 Å². The molecule has 0 bridgehead atoms. The Kier molecular flexibility index (Phi) is 5.09. The first kappa shape index (κ1) is 12.5. The fourth-order valence-electron chi connectivity index (χ4n) is 2.40. The first-order valence-electron chi connectivity index (χ1n) is 6.21. The normalized spacial score (nSPS) is 22.1. The van der Waals surface area contributed by atoms with Crippen LogP contribution in [-0.4, -0.2) is 18.0 Å². The van der Waals surface area contributed by atoms with Gasteiger partial charge in [0.2, 0.25) is 5.91 Å². The van der Waals surface area contributed by atoms with E-state index in [0.717, 1.165) is 6.42 Å². The highest BCUT2D eigenvalue weighted by molar-refractivity contribution is 5.81. The van der Waals surface area contributed by atoms with Gasteiger partial charge in [0.25, 0.3) is 0 Å². The lowest BCUT2D eigenvalue weighted by atomic mass is 9.83. The zero-order valence-electron chi connectivity index (χ0n) is 9.96. The molecule has 1 rings (SSSR count). The van der Waals surface area contributed by atoms with Gasteiger partial charge in [-0.2, -0.15) is 0 Å². The Morgan fingerprint density at radius 3 is 2.47 bits per heavy atom. The molecule has 3 N–H and O–H groups in total. The Hall–Kier alpha value is -0.570. The fourth-order valence-corrected chi connectivity index (χ4v) is 2.40. The van der Waals surface area contributed by atoms with Crippen LogP contribution in [0.2, 0.25) is 0 Å². The number of hydrogen-bond donors (Lipinski definition) is 2. The van der Waals surface area contributed by atoms with Crippen molar-refractivity contribution in [3.63, 3.8) is 0 Å². The van der Waals surface area contributed by atoms with Gasteiger partial charge in [-0.15, -0.1) is 0 Å². The average Bonchev–Trinajstić information content (AvgIpc) is 2.26. The van der Waals surface area contributed by atoms with Crippen LogP contribution in [0.15, 0.2) is 0 Å². The summed E-state index contributed by atoms with van der Waals surface area (Å²) in [6.07, 6.45) is 7.53. The van der Waals surface area contributed by atoms with Crippen molar-refractivity contribution < 1.29 is 4.79 Å². The number of nitrogens with one attached hydrogen (secondary N) is 1. The first-order valence-corrected chi connectivity index (χ1v) is 6.21. The van der Waals surface area contributed by atoms with Crippen molar-refractivity contribution in [2.45, 2.75) is 64.5 Å². The summed E-state index contributed by atoms with van der Waals surface area (Å²) in [6.45, 7) is 3.88. The van der Waals surface area contributed by atoms with Gasteiger partial charge in [0.1, 0.15) is 0 Å². The molecule has 88 valence electrons. The molecule has 1 unspecified atom stereocenters. The lowest BCUT2D eigenvalue weighted by molar-refractivity contribution is -0.123. The monoisotopic (exact) mass is 212 g/mol. The highest BCUT2D eigenvalue weighted by atomic mass is 16.2. The molecular formula is C12H24N2O. The van der Waals surface area contributed by atoms with Crippen LogP contribution in [0.4, 0.5) is 0 Å². The van der Waals surface area contributed by atoms with Crippen LogP contribution in [0.3, 0.4) is 0 Å². The molecular weight excluding hydrogens is 188 g/mol. The van der Waals surface area contributed by atoms with Crippen LogP contribution in [-0.2, 0) is 4.79 Å². The highest BCUT2D eigenvalue weighted by Gasteiger charge is 2.24. The number of hydrogen-bond acceptors (Lipinski definition) is 2. The van der Waals surface area contributed by atoms with Crippen LogP contribution in [0.25, 0.3) is 0 Å². The summed E-state index contributed by atoms with van der Waals surface area (Å²) in [5.74, 6) is 0.666. The van der Waals surface area contributed by atoms with E-state index in [4.69, 9.17) is 5.73 Å². The Labute approximate surface area is 92.8 Å². The molecule has 0 aromatic heterocycles. The lowest BCUT2D eigenvalue weighted by Gasteiger charge is -2.30. The third-order valence-corrected chi connectivity index (χ3v) is 3.40. The van der Waals surface area contributed by atoms with Gasteiger partial charge in [0.05, 0.1) is 6.04 Å². The van der Waals surface area contributed by atoms with E-state index in [9.17, 15) is 4.79 Å². The van der Waals surface area contributed by atoms with Gasteiger partial charge in [0.15, 0.2) is 0 Å². The van der Waals surface area contributed by atoms with Gasteiger partial charge < -0.3 is 11.1 Å². The predicted octanol–water partition coefficient (Wildman–Crippen LogP) is 1.81. The molecule has 3 nitrogen and oxygen atoms in total. The second-order valence-corrected chi connectivity index (χ2v) is 4.71. The van der Waals surface area contributed by atoms with Gasteiger partial charge in [-0.25, -0.2) is 0 Å². The van der Waals surface area contributed by atoms with Crippen LogP contribution < -0.4 is 11.1 Å². The second kappa shape index (κ2) is 6.11. The zero-order chi connectivity index (χ0) is 11.3. The van der Waals surface area contributed by atoms with Crippen molar-refractivity contribution in [2.75, 3.05) is 0 Å². The summed E-state index contributed by atoms with van der Waals surface area (Å²) in [5, 5.41) is 3.07. The number of amides is 1. The van der Waals surface area contributed by atoms with E-state index in [-0.39, 0.29) is 11.9 Å². The molecule has 0 heterocycles. The van der Waals surface area contributed by atoms with Gasteiger partial charge >= 0.3 is 0 Å². The average molecular weight is 212 g/mol. The maximum Gasteiger partial charge on any atom is 0.236 e. The maximum absolute atomic E-state index is 11.5. The zero-order valence-corrected chi connectivity index (χ0v) is 9.96. The van der Waals surface area contributed by atoms with E-state index in [0.29, 0.717) is 12.0 Å². The second-order valence-electron chi connectivity index (χ2n) is 4.71. The molecule has 1 aliphatic rings. The number of nitrogens with two attached hydrogens (primary N) is 1. The Morgan fingerprint density at radius 2 is 2.00 bits per heavy atom. The quantitative estimate of drug-likeness (QED) is 0.746. The molecule has 15 heavy (non-hydrogen) atoms. The minimum Gasteiger partial charge on any atom is -0.352 e. The van der Waals surface area contributed by atoms with Crippen molar-refractivity contribution in [2.24, 2.45) is 11.7 Å². The van der Waals surface area contributed by atoms with Crippen LogP contribution in [0.5, 0.6) is 0 Å². The van der Waals surface area contributed by atoms with E-state index in [1.54, 1.807) is 6.92 Å². The molecule has 0 spiro atoms. The molecule has 0 saturated heterocycles. The molecule has 0 aliphatic heterocycles. The first-order chi connectivity index (χ1) is 7.15. The molecule has 1 aliphatic carbocycles. The van der Waals surface area contributed by atoms with Crippen molar-refractivity contribution >= 4 is 5.91 Å². The lowest BCUT2D eigenvalue weighted by Crippen LogP contribution is -2.47. The molecule has 0 aromatic rings. The predicted molar refractivity (Wildman–Crippen MR) is 62.4 cm³/mol. The van der Waals surface area contributed by atoms with Crippen molar-refractivity contribution in [3.8, 4) is 0 Å². The summed E-state index contributed by atoms with van der Waals surface area (Å²) >= 11 is 0. The molecule has 3 heteroatoms. The largest absolute Gasteiger partial charge is 0.352 e. The summed E-state index contributed by atoms with van der Waals surface area (Å²) in [5.41, 5.74) is 5.56. The molecule has 2 atom stereocenters. The van der Waals surface area contributed by atoms with E-state index >= 15 is 0 Å². The minimum atomic E-state index is -0.386. The summed E-state index contributed by atoms with van der Waals surface area (Å²) in [6, 6.07) is -0.0496. The number of carbonyl (C=O) groups excluding carboxylic acids is 1. The van der Waals surface area contributed by atoms with Crippen molar-refractivity contribution in [1.82, 2.24) is 5.32 Å². The maximum atomic E-state index is 11.5. The standard InChI is InChI=1S/C12H24N2O/c1-3-11(14-12(15)9(2)13)10-7-5-4-6-8-10/h9-11H,3-8,13H2,1-2H3,(H,14,15)/t9-,11?/m0/s1. The van der Waals surface area contributed by atoms with Crippen molar-refractivity contribution in [3.05, 3.63) is 0 Å². The van der Waals surface area contributed by atoms with E-state index in [1.165, 1.54) is 32.1 Å². The fraction of sp³-hybridized carbons (Fsp3) is 0.917. The van der Waals surface area contributed by atoms with Crippen molar-refractivity contribution in [1.29, 1.82) is 0 Å². The Morgan fingerprint density at radius 1 is 1.40 bits per heavy atom. The topological polar surface area (TPSA) is 55.1 Å². The van der Waals surface area contributed by atoms with Crippen LogP contribution in [0, 0.1) is 5.92 Å². The number of carbonyl (C=O) groups is 1. The Balaban J connectivity index is 2.43. The molecule has 1 amide bonds. The third kappa shape index (κ3) is 3.82. The van der Waals surface area contributed by atoms with Gasteiger partial charge in [0, 0.05) is 6.04 Å². The third-order valence-electron chi connectivity index (χ3n) is 3.40. The molecule has 1 fully saturated rings. The molecule has 0 radical (unpaired) electrons. The van der Waals surface area contributed by atoms with Crippen LogP contribution >= 0.6 is 0 Å².